The number of fused-ring (bicyclic) bond motifs is 1. The van der Waals surface area contributed by atoms with Gasteiger partial charge in [-0.2, -0.15) is 0 Å². The highest BCUT2D eigenvalue weighted by molar-refractivity contribution is 6.38. The van der Waals surface area contributed by atoms with Crippen LogP contribution in [0, 0.1) is 5.82 Å². The second-order valence-electron chi connectivity index (χ2n) is 6.75. The number of hydrogen-bond donors (Lipinski definition) is 0. The molecule has 2 aromatic heterocycles. The Morgan fingerprint density at radius 3 is 2.60 bits per heavy atom. The number of nitrogens with zero attached hydrogens (tertiary/aromatic N) is 4. The molecule has 0 bridgehead atoms. The Morgan fingerprint density at radius 2 is 1.87 bits per heavy atom. The molecule has 4 aromatic rings. The third-order valence-electron chi connectivity index (χ3n) is 4.66. The first-order valence-corrected chi connectivity index (χ1v) is 10.1. The van der Waals surface area contributed by atoms with Gasteiger partial charge in [0.2, 0.25) is 0 Å². The highest BCUT2D eigenvalue weighted by Crippen LogP contribution is 2.25. The molecule has 4 rings (SSSR count). The summed E-state index contributed by atoms with van der Waals surface area (Å²) in [6.07, 6.45) is 9.53. The number of imidazole rings is 1. The van der Waals surface area contributed by atoms with Crippen molar-refractivity contribution in [3.8, 4) is 0 Å². The molecule has 0 unspecified atom stereocenters. The average molecular weight is 443 g/mol. The molecule has 0 amide bonds. The summed E-state index contributed by atoms with van der Waals surface area (Å²) in [4.78, 5) is 21.8. The van der Waals surface area contributed by atoms with Gasteiger partial charge in [0.05, 0.1) is 22.3 Å². The van der Waals surface area contributed by atoms with Crippen molar-refractivity contribution in [3.05, 3.63) is 92.7 Å². The molecule has 0 atom stereocenters. The Balaban J connectivity index is 1.74. The highest BCUT2D eigenvalue weighted by Gasteiger charge is 2.13. The number of benzene rings is 2. The molecule has 0 saturated heterocycles. The molecule has 0 aliphatic heterocycles. The Hall–Kier alpha value is -2.96. The minimum absolute atomic E-state index is 0.214. The van der Waals surface area contributed by atoms with E-state index >= 15 is 0 Å². The Bertz CT molecular complexity index is 1270. The van der Waals surface area contributed by atoms with Crippen molar-refractivity contribution in [2.75, 3.05) is 0 Å². The summed E-state index contributed by atoms with van der Waals surface area (Å²) in [5.74, 6) is 0.155. The topological polar surface area (TPSA) is 52.7 Å². The summed E-state index contributed by atoms with van der Waals surface area (Å²) in [7, 11) is 0. The van der Waals surface area contributed by atoms with Crippen LogP contribution in [0.15, 0.2) is 59.9 Å². The van der Waals surface area contributed by atoms with Crippen LogP contribution in [0.1, 0.15) is 17.8 Å². The molecule has 152 valence electrons. The smallest absolute Gasteiger partial charge is 0.261 e. The van der Waals surface area contributed by atoms with Gasteiger partial charge in [0, 0.05) is 30.5 Å². The van der Waals surface area contributed by atoms with Gasteiger partial charge in [-0.1, -0.05) is 41.4 Å². The van der Waals surface area contributed by atoms with Gasteiger partial charge in [-0.25, -0.2) is 14.4 Å². The maximum absolute atomic E-state index is 13.2. The second-order valence-corrected chi connectivity index (χ2v) is 7.59. The average Bonchev–Trinajstić information content (AvgIpc) is 3.24. The van der Waals surface area contributed by atoms with Gasteiger partial charge in [0.25, 0.3) is 5.56 Å². The van der Waals surface area contributed by atoms with Gasteiger partial charge < -0.3 is 4.57 Å². The molecule has 2 heterocycles. The number of aryl methyl sites for hydroxylation is 1. The molecule has 0 aliphatic rings. The molecule has 30 heavy (non-hydrogen) atoms. The number of rotatable bonds is 6. The number of aromatic nitrogens is 4. The zero-order chi connectivity index (χ0) is 21.1. The summed E-state index contributed by atoms with van der Waals surface area (Å²) < 4.78 is 16.7. The molecule has 0 saturated carbocycles. The van der Waals surface area contributed by atoms with Crippen molar-refractivity contribution < 1.29 is 4.39 Å². The van der Waals surface area contributed by atoms with E-state index in [1.165, 1.54) is 12.1 Å². The Morgan fingerprint density at radius 1 is 1.07 bits per heavy atom. The van der Waals surface area contributed by atoms with E-state index in [0.29, 0.717) is 46.3 Å². The fourth-order valence-electron chi connectivity index (χ4n) is 3.19. The SMILES string of the molecule is O=c1c2cc(Cl)cc(Cl)c2nc(/C=C/c2ccc(F)cc2)n1CCCn1ccnc1. The van der Waals surface area contributed by atoms with Crippen LogP contribution in [-0.4, -0.2) is 19.1 Å². The van der Waals surface area contributed by atoms with Crippen LogP contribution in [0.25, 0.3) is 23.1 Å². The van der Waals surface area contributed by atoms with Crippen LogP contribution < -0.4 is 5.56 Å². The van der Waals surface area contributed by atoms with Crippen LogP contribution >= 0.6 is 23.2 Å². The lowest BCUT2D eigenvalue weighted by atomic mass is 10.2. The van der Waals surface area contributed by atoms with Crippen LogP contribution in [0.4, 0.5) is 4.39 Å². The van der Waals surface area contributed by atoms with E-state index in [0.717, 1.165) is 5.56 Å². The summed E-state index contributed by atoms with van der Waals surface area (Å²) in [6, 6.07) is 9.21. The first kappa shape index (κ1) is 20.3. The molecular weight excluding hydrogens is 426 g/mol. The molecule has 8 heteroatoms. The van der Waals surface area contributed by atoms with Crippen LogP contribution in [-0.2, 0) is 13.1 Å². The fraction of sp³-hybridized carbons (Fsp3) is 0.136. The largest absolute Gasteiger partial charge is 0.337 e. The van der Waals surface area contributed by atoms with Crippen LogP contribution in [0.2, 0.25) is 10.0 Å². The number of halogens is 3. The second kappa shape index (κ2) is 8.81. The van der Waals surface area contributed by atoms with Crippen molar-refractivity contribution >= 4 is 46.3 Å². The number of hydrogen-bond acceptors (Lipinski definition) is 3. The van der Waals surface area contributed by atoms with Crippen molar-refractivity contribution in [1.29, 1.82) is 0 Å². The predicted molar refractivity (Wildman–Crippen MR) is 118 cm³/mol. The lowest BCUT2D eigenvalue weighted by Crippen LogP contribution is -2.24. The van der Waals surface area contributed by atoms with Crippen molar-refractivity contribution in [1.82, 2.24) is 19.1 Å². The predicted octanol–water partition coefficient (Wildman–Crippen LogP) is 5.30. The summed E-state index contributed by atoms with van der Waals surface area (Å²) >= 11 is 12.4. The zero-order valence-corrected chi connectivity index (χ0v) is 17.3. The lowest BCUT2D eigenvalue weighted by Gasteiger charge is -2.12. The molecule has 0 radical (unpaired) electrons. The van der Waals surface area contributed by atoms with E-state index in [2.05, 4.69) is 9.97 Å². The maximum Gasteiger partial charge on any atom is 0.261 e. The Kier molecular flexibility index (Phi) is 5.97. The fourth-order valence-corrected chi connectivity index (χ4v) is 3.72. The first-order valence-electron chi connectivity index (χ1n) is 9.30. The third-order valence-corrected chi connectivity index (χ3v) is 5.17. The summed E-state index contributed by atoms with van der Waals surface area (Å²) in [5.41, 5.74) is 0.974. The van der Waals surface area contributed by atoms with Crippen LogP contribution in [0.3, 0.4) is 0 Å². The molecular formula is C22H17Cl2FN4O. The summed E-state index contributed by atoms with van der Waals surface area (Å²) in [6.45, 7) is 1.16. The first-order chi connectivity index (χ1) is 14.5. The van der Waals surface area contributed by atoms with Crippen molar-refractivity contribution in [2.24, 2.45) is 0 Å². The zero-order valence-electron chi connectivity index (χ0n) is 15.8. The van der Waals surface area contributed by atoms with Gasteiger partial charge >= 0.3 is 0 Å². The molecule has 0 spiro atoms. The monoisotopic (exact) mass is 442 g/mol. The van der Waals surface area contributed by atoms with Crippen molar-refractivity contribution in [2.45, 2.75) is 19.5 Å². The third kappa shape index (κ3) is 4.45. The Labute approximate surface area is 182 Å². The van der Waals surface area contributed by atoms with Gasteiger partial charge in [-0.05, 0) is 42.3 Å². The maximum atomic E-state index is 13.2. The molecule has 2 aromatic carbocycles. The van der Waals surface area contributed by atoms with E-state index in [1.54, 1.807) is 53.5 Å². The van der Waals surface area contributed by atoms with Gasteiger partial charge in [0.1, 0.15) is 11.6 Å². The molecule has 0 aliphatic carbocycles. The summed E-state index contributed by atoms with van der Waals surface area (Å²) in [5, 5.41) is 1.07. The van der Waals surface area contributed by atoms with E-state index in [-0.39, 0.29) is 11.4 Å². The quantitative estimate of drug-likeness (QED) is 0.407. The van der Waals surface area contributed by atoms with Gasteiger partial charge in [-0.15, -0.1) is 0 Å². The van der Waals surface area contributed by atoms with E-state index in [4.69, 9.17) is 23.2 Å². The van der Waals surface area contributed by atoms with E-state index in [9.17, 15) is 9.18 Å². The molecule has 0 fully saturated rings. The van der Waals surface area contributed by atoms with Crippen LogP contribution in [0.5, 0.6) is 0 Å². The van der Waals surface area contributed by atoms with E-state index < -0.39 is 0 Å². The highest BCUT2D eigenvalue weighted by atomic mass is 35.5. The van der Waals surface area contributed by atoms with E-state index in [1.807, 2.05) is 10.8 Å². The van der Waals surface area contributed by atoms with Gasteiger partial charge in [-0.3, -0.25) is 9.36 Å². The normalized spacial score (nSPS) is 11.6. The lowest BCUT2D eigenvalue weighted by molar-refractivity contribution is 0.547. The van der Waals surface area contributed by atoms with Gasteiger partial charge in [0.15, 0.2) is 0 Å². The molecule has 0 N–H and O–H groups in total. The standard InChI is InChI=1S/C22H17Cl2FN4O/c23-16-12-18-21(19(24)13-16)27-20(7-4-15-2-5-17(25)6-3-15)29(22(18)30)10-1-9-28-11-8-26-14-28/h2-8,11-14H,1,9-10H2/b7-4+. The molecule has 5 nitrogen and oxygen atoms in total. The minimum Gasteiger partial charge on any atom is -0.337 e. The minimum atomic E-state index is -0.309. The van der Waals surface area contributed by atoms with Crippen molar-refractivity contribution in [3.63, 3.8) is 0 Å².